The Bertz CT molecular complexity index is 861. The lowest BCUT2D eigenvalue weighted by Crippen LogP contribution is -2.40. The second-order valence-corrected chi connectivity index (χ2v) is 8.34. The van der Waals surface area contributed by atoms with E-state index in [0.29, 0.717) is 24.9 Å². The Morgan fingerprint density at radius 3 is 2.23 bits per heavy atom. The van der Waals surface area contributed by atoms with Crippen LogP contribution in [0, 0.1) is 11.8 Å². The molecule has 0 aliphatic rings. The molecule has 0 saturated heterocycles. The number of rotatable bonds is 10. The number of hydrogen-bond acceptors (Lipinski definition) is 4. The topological polar surface area (TPSA) is 75.7 Å². The lowest BCUT2D eigenvalue weighted by molar-refractivity contribution is -0.152. The second kappa shape index (κ2) is 11.3. The number of amides is 2. The maximum atomic E-state index is 12.4. The van der Waals surface area contributed by atoms with E-state index in [4.69, 9.17) is 4.74 Å². The van der Waals surface area contributed by atoms with E-state index in [2.05, 4.69) is 5.32 Å². The summed E-state index contributed by atoms with van der Waals surface area (Å²) >= 11 is 0. The summed E-state index contributed by atoms with van der Waals surface area (Å²) in [6, 6.07) is 13.6. The van der Waals surface area contributed by atoms with Gasteiger partial charge in [-0.2, -0.15) is 0 Å². The maximum Gasteiger partial charge on any atom is 0.325 e. The molecule has 0 atom stereocenters. The molecule has 0 radical (unpaired) electrons. The highest BCUT2D eigenvalue weighted by Crippen LogP contribution is 2.18. The number of benzene rings is 2. The van der Waals surface area contributed by atoms with Gasteiger partial charge in [-0.3, -0.25) is 14.4 Å². The van der Waals surface area contributed by atoms with Gasteiger partial charge in [0.15, 0.2) is 6.61 Å². The number of carbonyl (C=O) groups excluding carboxylic acids is 3. The number of hydrogen-bond donors (Lipinski definition) is 1. The van der Waals surface area contributed by atoms with E-state index in [-0.39, 0.29) is 31.4 Å². The third-order valence-corrected chi connectivity index (χ3v) is 4.54. The van der Waals surface area contributed by atoms with E-state index < -0.39 is 5.97 Å². The Hall–Kier alpha value is -2.89. The largest absolute Gasteiger partial charge is 0.454 e. The summed E-state index contributed by atoms with van der Waals surface area (Å²) in [6.07, 6.45) is 0.171. The van der Waals surface area contributed by atoms with Crippen molar-refractivity contribution in [3.63, 3.8) is 0 Å². The molecule has 0 aliphatic carbocycles. The van der Waals surface area contributed by atoms with Crippen LogP contribution < -0.4 is 5.32 Å². The van der Waals surface area contributed by atoms with Gasteiger partial charge in [-0.25, -0.2) is 0 Å². The van der Waals surface area contributed by atoms with Gasteiger partial charge in [-0.05, 0) is 28.2 Å². The molecule has 6 heteroatoms. The molecule has 0 aliphatic heterocycles. The minimum absolute atomic E-state index is 0.171. The fourth-order valence-corrected chi connectivity index (χ4v) is 3.30. The fraction of sp³-hybridized carbons (Fsp3) is 0.458. The van der Waals surface area contributed by atoms with E-state index in [1.807, 2.05) is 70.2 Å². The summed E-state index contributed by atoms with van der Waals surface area (Å²) in [6.45, 7) is 8.84. The number of esters is 1. The first-order valence-corrected chi connectivity index (χ1v) is 10.4. The smallest absolute Gasteiger partial charge is 0.325 e. The Morgan fingerprint density at radius 1 is 0.933 bits per heavy atom. The molecule has 30 heavy (non-hydrogen) atoms. The standard InChI is InChI=1S/C24H32N2O4/c1-17(2)14-26(15-18(3)4)23(28)16-30-24(29)13-25-22(27)12-20-10-7-9-19-8-5-6-11-21(19)20/h5-11,17-18H,12-16H2,1-4H3,(H,25,27). The first-order valence-electron chi connectivity index (χ1n) is 10.4. The zero-order valence-corrected chi connectivity index (χ0v) is 18.3. The van der Waals surface area contributed by atoms with E-state index in [0.717, 1.165) is 16.3 Å². The summed E-state index contributed by atoms with van der Waals surface area (Å²) in [5, 5.41) is 4.65. The van der Waals surface area contributed by atoms with Crippen molar-refractivity contribution in [1.82, 2.24) is 10.2 Å². The molecular weight excluding hydrogens is 380 g/mol. The maximum absolute atomic E-state index is 12.4. The molecule has 1 N–H and O–H groups in total. The molecule has 0 spiro atoms. The summed E-state index contributed by atoms with van der Waals surface area (Å²) in [5.74, 6) is -0.444. The molecule has 0 bridgehead atoms. The van der Waals surface area contributed by atoms with Gasteiger partial charge >= 0.3 is 5.97 Å². The van der Waals surface area contributed by atoms with Gasteiger partial charge in [-0.15, -0.1) is 0 Å². The molecular formula is C24H32N2O4. The van der Waals surface area contributed by atoms with Gasteiger partial charge in [0, 0.05) is 13.1 Å². The Balaban J connectivity index is 1.80. The molecule has 2 rings (SSSR count). The van der Waals surface area contributed by atoms with Crippen molar-refractivity contribution < 1.29 is 19.1 Å². The van der Waals surface area contributed by atoms with Crippen LogP contribution in [-0.2, 0) is 25.5 Å². The Morgan fingerprint density at radius 2 is 1.57 bits per heavy atom. The van der Waals surface area contributed by atoms with Gasteiger partial charge in [0.1, 0.15) is 6.54 Å². The SMILES string of the molecule is CC(C)CN(CC(C)C)C(=O)COC(=O)CNC(=O)Cc1cccc2ccccc12. The zero-order valence-electron chi connectivity index (χ0n) is 18.3. The van der Waals surface area contributed by atoms with Crippen molar-refractivity contribution in [3.8, 4) is 0 Å². The average Bonchev–Trinajstić information content (AvgIpc) is 2.69. The van der Waals surface area contributed by atoms with Crippen LogP contribution in [0.25, 0.3) is 10.8 Å². The van der Waals surface area contributed by atoms with Crippen LogP contribution in [0.5, 0.6) is 0 Å². The minimum atomic E-state index is -0.622. The first-order chi connectivity index (χ1) is 14.3. The quantitative estimate of drug-likeness (QED) is 0.608. The molecule has 2 amide bonds. The normalized spacial score (nSPS) is 11.0. The summed E-state index contributed by atoms with van der Waals surface area (Å²) in [5.41, 5.74) is 0.896. The number of nitrogens with one attached hydrogen (secondary N) is 1. The third-order valence-electron chi connectivity index (χ3n) is 4.54. The highest BCUT2D eigenvalue weighted by molar-refractivity contribution is 5.91. The van der Waals surface area contributed by atoms with Gasteiger partial charge in [0.25, 0.3) is 5.91 Å². The van der Waals surface area contributed by atoms with Crippen molar-refractivity contribution in [2.75, 3.05) is 26.2 Å². The zero-order chi connectivity index (χ0) is 22.1. The summed E-state index contributed by atoms with van der Waals surface area (Å²) in [4.78, 5) is 38.3. The number of ether oxygens (including phenoxy) is 1. The lowest BCUT2D eigenvalue weighted by atomic mass is 10.0. The average molecular weight is 413 g/mol. The van der Waals surface area contributed by atoms with Crippen LogP contribution in [0.3, 0.4) is 0 Å². The Labute approximate surface area is 178 Å². The van der Waals surface area contributed by atoms with Crippen molar-refractivity contribution in [2.45, 2.75) is 34.1 Å². The summed E-state index contributed by atoms with van der Waals surface area (Å²) in [7, 11) is 0. The predicted octanol–water partition coefficient (Wildman–Crippen LogP) is 3.18. The van der Waals surface area contributed by atoms with Crippen LogP contribution in [0.4, 0.5) is 0 Å². The van der Waals surface area contributed by atoms with Crippen LogP contribution >= 0.6 is 0 Å². The van der Waals surface area contributed by atoms with Crippen LogP contribution in [-0.4, -0.2) is 48.9 Å². The molecule has 0 unspecified atom stereocenters. The molecule has 0 fully saturated rings. The minimum Gasteiger partial charge on any atom is -0.454 e. The van der Waals surface area contributed by atoms with Crippen LogP contribution in [0.15, 0.2) is 42.5 Å². The molecule has 6 nitrogen and oxygen atoms in total. The van der Waals surface area contributed by atoms with E-state index in [1.54, 1.807) is 4.90 Å². The van der Waals surface area contributed by atoms with Crippen molar-refractivity contribution in [3.05, 3.63) is 48.0 Å². The van der Waals surface area contributed by atoms with E-state index in [9.17, 15) is 14.4 Å². The van der Waals surface area contributed by atoms with E-state index in [1.165, 1.54) is 0 Å². The van der Waals surface area contributed by atoms with Gasteiger partial charge < -0.3 is 15.0 Å². The fourth-order valence-electron chi connectivity index (χ4n) is 3.30. The van der Waals surface area contributed by atoms with E-state index >= 15 is 0 Å². The molecule has 162 valence electrons. The van der Waals surface area contributed by atoms with Gasteiger partial charge in [0.05, 0.1) is 6.42 Å². The predicted molar refractivity (Wildman–Crippen MR) is 118 cm³/mol. The van der Waals surface area contributed by atoms with Crippen LogP contribution in [0.2, 0.25) is 0 Å². The monoisotopic (exact) mass is 412 g/mol. The molecule has 0 heterocycles. The summed E-state index contributed by atoms with van der Waals surface area (Å²) < 4.78 is 5.07. The van der Waals surface area contributed by atoms with Crippen molar-refractivity contribution >= 4 is 28.6 Å². The third kappa shape index (κ3) is 7.50. The van der Waals surface area contributed by atoms with Crippen molar-refractivity contribution in [2.24, 2.45) is 11.8 Å². The Kier molecular flexibility index (Phi) is 8.84. The highest BCUT2D eigenvalue weighted by Gasteiger charge is 2.18. The molecule has 0 aromatic heterocycles. The first kappa shape index (κ1) is 23.4. The van der Waals surface area contributed by atoms with Gasteiger partial charge in [0.2, 0.25) is 5.91 Å². The molecule has 2 aromatic rings. The number of carbonyl (C=O) groups is 3. The second-order valence-electron chi connectivity index (χ2n) is 8.34. The number of fused-ring (bicyclic) bond motifs is 1. The molecule has 2 aromatic carbocycles. The van der Waals surface area contributed by atoms with Gasteiger partial charge in [-0.1, -0.05) is 70.2 Å². The highest BCUT2D eigenvalue weighted by atomic mass is 16.5. The molecule has 0 saturated carbocycles. The van der Waals surface area contributed by atoms with Crippen LogP contribution in [0.1, 0.15) is 33.3 Å². The van der Waals surface area contributed by atoms with Crippen molar-refractivity contribution in [1.29, 1.82) is 0 Å². The number of nitrogens with zero attached hydrogens (tertiary/aromatic N) is 1. The lowest BCUT2D eigenvalue weighted by Gasteiger charge is -2.26.